The third-order valence-electron chi connectivity index (χ3n) is 12.0. The van der Waals surface area contributed by atoms with Crippen LogP contribution in [0.5, 0.6) is 5.75 Å². The number of carbonyl (C=O) groups is 1. The molecule has 9 nitrogen and oxygen atoms in total. The summed E-state index contributed by atoms with van der Waals surface area (Å²) in [4.78, 5) is 38.7. The van der Waals surface area contributed by atoms with Gasteiger partial charge >= 0.3 is 5.76 Å². The minimum Gasteiger partial charge on any atom is -0.497 e. The Morgan fingerprint density at radius 1 is 0.649 bits per heavy atom. The molecule has 1 aromatic heterocycles. The van der Waals surface area contributed by atoms with E-state index in [0.717, 1.165) is 85.2 Å². The Morgan fingerprint density at radius 2 is 1.12 bits per heavy atom. The Morgan fingerprint density at radius 3 is 1.63 bits per heavy atom. The lowest BCUT2D eigenvalue weighted by molar-refractivity contribution is -0.143. The van der Waals surface area contributed by atoms with E-state index >= 15 is 4.79 Å². The molecule has 2 fully saturated rings. The molecule has 57 heavy (non-hydrogen) atoms. The van der Waals surface area contributed by atoms with Crippen molar-refractivity contribution in [3.8, 4) is 28.0 Å². The number of aromatic nitrogens is 1. The summed E-state index contributed by atoms with van der Waals surface area (Å²) in [7, 11) is 5.48. The molecular weight excluding hydrogens is 711 g/mol. The van der Waals surface area contributed by atoms with Gasteiger partial charge in [0.2, 0.25) is 0 Å². The van der Waals surface area contributed by atoms with E-state index in [0.29, 0.717) is 29.9 Å². The van der Waals surface area contributed by atoms with Gasteiger partial charge in [0.05, 0.1) is 18.7 Å². The molecule has 3 heterocycles. The Bertz CT molecular complexity index is 2290. The highest BCUT2D eigenvalue weighted by Crippen LogP contribution is 2.35. The van der Waals surface area contributed by atoms with Gasteiger partial charge in [-0.05, 0) is 104 Å². The molecule has 8 rings (SSSR count). The van der Waals surface area contributed by atoms with Crippen molar-refractivity contribution in [2.24, 2.45) is 0 Å². The van der Waals surface area contributed by atoms with Crippen LogP contribution in [0.25, 0.3) is 33.4 Å². The van der Waals surface area contributed by atoms with Crippen LogP contribution in [0.2, 0.25) is 0 Å². The van der Waals surface area contributed by atoms with Gasteiger partial charge in [-0.25, -0.2) is 9.36 Å². The molecule has 1 amide bonds. The van der Waals surface area contributed by atoms with Crippen molar-refractivity contribution in [2.45, 2.75) is 43.9 Å². The van der Waals surface area contributed by atoms with E-state index in [1.807, 2.05) is 43.3 Å². The topological polar surface area (TPSA) is 74.4 Å². The molecule has 3 unspecified atom stereocenters. The fourth-order valence-electron chi connectivity index (χ4n) is 8.74. The number of hydrogen-bond acceptors (Lipinski definition) is 7. The predicted octanol–water partition coefficient (Wildman–Crippen LogP) is 8.50. The van der Waals surface area contributed by atoms with Crippen molar-refractivity contribution in [2.75, 3.05) is 60.5 Å². The zero-order valence-electron chi connectivity index (χ0n) is 33.3. The smallest absolute Gasteiger partial charge is 0.421 e. The van der Waals surface area contributed by atoms with Gasteiger partial charge in [0.25, 0.3) is 5.91 Å². The Labute approximate surface area is 335 Å². The van der Waals surface area contributed by atoms with Crippen LogP contribution in [0.4, 0.5) is 0 Å². The number of likely N-dealkylation sites (tertiary alicyclic amines) is 2. The zero-order chi connectivity index (χ0) is 39.3. The number of likely N-dealkylation sites (N-methyl/N-ethyl adjacent to an activating group) is 2. The number of carbonyl (C=O) groups excluding carboxylic acids is 1. The number of nitrogens with zero attached hydrogens (tertiary/aromatic N) is 5. The fraction of sp³-hybridized carbons (Fsp3) is 0.333. The summed E-state index contributed by atoms with van der Waals surface area (Å²) in [6.45, 7) is 5.37. The molecular formula is C48H53N5O4. The lowest BCUT2D eigenvalue weighted by Crippen LogP contribution is -2.50. The standard InChI is InChI=1S/C48H53N5O4/c1-49(43(33-51-28-10-11-29-51)39-22-18-37(19-23-39)35-14-6-4-7-15-35)46(53-42-32-41(56-3)26-27-45(42)57-48(53)55)47(54)50(2)44(34-52-30-12-13-31-52)40-24-20-38(21-25-40)36-16-8-5-9-17-36/h4-9,14-27,32,43-44,46H,10-13,28-31,33-34H2,1-3H3. The third kappa shape index (κ3) is 8.33. The molecule has 0 spiro atoms. The highest BCUT2D eigenvalue weighted by atomic mass is 16.5. The summed E-state index contributed by atoms with van der Waals surface area (Å²) in [5.74, 6) is -0.192. The molecule has 2 aliphatic rings. The first kappa shape index (κ1) is 38.4. The average molecular weight is 764 g/mol. The largest absolute Gasteiger partial charge is 0.497 e. The number of rotatable bonds is 14. The Balaban J connectivity index is 1.22. The molecule has 0 radical (unpaired) electrons. The minimum absolute atomic E-state index is 0.186. The highest BCUT2D eigenvalue weighted by molar-refractivity contribution is 5.84. The van der Waals surface area contributed by atoms with Crippen LogP contribution in [0, 0.1) is 0 Å². The second-order valence-corrected chi connectivity index (χ2v) is 15.6. The van der Waals surface area contributed by atoms with Gasteiger partial charge < -0.3 is 23.9 Å². The molecule has 0 aliphatic carbocycles. The quantitative estimate of drug-likeness (QED) is 0.110. The van der Waals surface area contributed by atoms with Gasteiger partial charge in [0, 0.05) is 32.2 Å². The van der Waals surface area contributed by atoms with E-state index in [-0.39, 0.29) is 18.0 Å². The molecule has 0 bridgehead atoms. The van der Waals surface area contributed by atoms with Crippen LogP contribution >= 0.6 is 0 Å². The third-order valence-corrected chi connectivity index (χ3v) is 12.0. The average Bonchev–Trinajstić information content (AvgIpc) is 4.05. The van der Waals surface area contributed by atoms with Crippen molar-refractivity contribution in [1.29, 1.82) is 0 Å². The first-order valence-electron chi connectivity index (χ1n) is 20.3. The summed E-state index contributed by atoms with van der Waals surface area (Å²) in [6.07, 6.45) is 3.54. The normalized spacial score (nSPS) is 16.6. The maximum atomic E-state index is 15.6. The van der Waals surface area contributed by atoms with Crippen molar-refractivity contribution in [3.05, 3.63) is 149 Å². The van der Waals surface area contributed by atoms with Gasteiger partial charge in [0.1, 0.15) is 5.75 Å². The van der Waals surface area contributed by atoms with Gasteiger partial charge in [-0.3, -0.25) is 9.69 Å². The number of ether oxygens (including phenoxy) is 1. The number of fused-ring (bicyclic) bond motifs is 1. The summed E-state index contributed by atoms with van der Waals surface area (Å²) < 4.78 is 13.0. The highest BCUT2D eigenvalue weighted by Gasteiger charge is 2.39. The lowest BCUT2D eigenvalue weighted by atomic mass is 9.98. The van der Waals surface area contributed by atoms with E-state index < -0.39 is 11.9 Å². The van der Waals surface area contributed by atoms with E-state index in [9.17, 15) is 4.79 Å². The van der Waals surface area contributed by atoms with Crippen LogP contribution < -0.4 is 10.5 Å². The summed E-state index contributed by atoms with van der Waals surface area (Å²) >= 11 is 0. The molecule has 3 atom stereocenters. The van der Waals surface area contributed by atoms with Crippen LogP contribution in [0.1, 0.15) is 55.1 Å². The minimum atomic E-state index is -1.03. The maximum Gasteiger partial charge on any atom is 0.421 e. The van der Waals surface area contributed by atoms with Gasteiger partial charge in [-0.2, -0.15) is 0 Å². The molecule has 2 saturated heterocycles. The van der Waals surface area contributed by atoms with E-state index in [1.54, 1.807) is 25.3 Å². The maximum absolute atomic E-state index is 15.6. The van der Waals surface area contributed by atoms with Crippen molar-refractivity contribution >= 4 is 17.0 Å². The van der Waals surface area contributed by atoms with E-state index in [2.05, 4.69) is 99.6 Å². The van der Waals surface area contributed by atoms with Crippen molar-refractivity contribution in [1.82, 2.24) is 24.2 Å². The number of amides is 1. The second-order valence-electron chi connectivity index (χ2n) is 15.6. The summed E-state index contributed by atoms with van der Waals surface area (Å²) in [5, 5.41) is 0. The van der Waals surface area contributed by atoms with Crippen LogP contribution in [-0.4, -0.2) is 90.5 Å². The molecule has 6 aromatic rings. The molecule has 0 saturated carbocycles. The van der Waals surface area contributed by atoms with Gasteiger partial charge in [0.15, 0.2) is 11.7 Å². The SMILES string of the molecule is COc1ccc2oc(=O)n(C(C(=O)N(C)C(CN3CCCC3)c3ccc(-c4ccccc4)cc3)N(C)C(CN3CCCC3)c3ccc(-c4ccccc4)cc3)c2c1. The summed E-state index contributed by atoms with van der Waals surface area (Å²) in [6, 6.07) is 42.8. The van der Waals surface area contributed by atoms with Crippen molar-refractivity contribution in [3.63, 3.8) is 0 Å². The fourth-order valence-corrected chi connectivity index (χ4v) is 8.74. The van der Waals surface area contributed by atoms with Gasteiger partial charge in [-0.1, -0.05) is 109 Å². The number of methoxy groups -OCH3 is 1. The first-order chi connectivity index (χ1) is 27.9. The number of benzene rings is 5. The molecule has 9 heteroatoms. The zero-order valence-corrected chi connectivity index (χ0v) is 33.3. The monoisotopic (exact) mass is 763 g/mol. The molecule has 0 N–H and O–H groups in total. The Kier molecular flexibility index (Phi) is 11.7. The number of hydrogen-bond donors (Lipinski definition) is 0. The van der Waals surface area contributed by atoms with E-state index in [1.165, 1.54) is 4.57 Å². The second kappa shape index (κ2) is 17.3. The van der Waals surface area contributed by atoms with Gasteiger partial charge in [-0.15, -0.1) is 0 Å². The van der Waals surface area contributed by atoms with E-state index in [4.69, 9.17) is 9.15 Å². The summed E-state index contributed by atoms with van der Waals surface area (Å²) in [5.41, 5.74) is 7.59. The van der Waals surface area contributed by atoms with Crippen LogP contribution in [0.3, 0.4) is 0 Å². The molecule has 2 aliphatic heterocycles. The first-order valence-corrected chi connectivity index (χ1v) is 20.3. The molecule has 5 aromatic carbocycles. The predicted molar refractivity (Wildman–Crippen MR) is 227 cm³/mol. The number of oxazole rings is 1. The van der Waals surface area contributed by atoms with Crippen LogP contribution in [-0.2, 0) is 4.79 Å². The lowest BCUT2D eigenvalue weighted by Gasteiger charge is -2.40. The van der Waals surface area contributed by atoms with Crippen molar-refractivity contribution < 1.29 is 13.9 Å². The molecule has 294 valence electrons. The Hall–Kier alpha value is -5.48. The van der Waals surface area contributed by atoms with Crippen LogP contribution in [0.15, 0.2) is 137 Å².